The SMILES string of the molecule is C=CC(=O)N1CCCC(n2nc(-c3ccc(Oc4ccc(C)cc4)cc3)c3c(N)[nH]c(=O)nc32)C1. The number of hydrogen-bond acceptors (Lipinski definition) is 6. The van der Waals surface area contributed by atoms with Gasteiger partial charge < -0.3 is 15.4 Å². The Kier molecular flexibility index (Phi) is 5.82. The number of H-pyrrole nitrogens is 1. The van der Waals surface area contributed by atoms with E-state index < -0.39 is 5.69 Å². The van der Waals surface area contributed by atoms with Crippen molar-refractivity contribution in [2.75, 3.05) is 18.8 Å². The average molecular weight is 471 g/mol. The number of rotatable bonds is 5. The number of nitrogens with zero attached hydrogens (tertiary/aromatic N) is 4. The summed E-state index contributed by atoms with van der Waals surface area (Å²) in [5.41, 5.74) is 8.66. The fourth-order valence-corrected chi connectivity index (χ4v) is 4.45. The Morgan fingerprint density at radius 1 is 1.17 bits per heavy atom. The molecular formula is C26H26N6O3. The van der Waals surface area contributed by atoms with Gasteiger partial charge in [0.2, 0.25) is 5.91 Å². The van der Waals surface area contributed by atoms with Crippen LogP contribution in [0, 0.1) is 6.92 Å². The number of aromatic amines is 1. The molecule has 9 heteroatoms. The molecule has 3 N–H and O–H groups in total. The Hall–Kier alpha value is -4.40. The molecule has 178 valence electrons. The fourth-order valence-electron chi connectivity index (χ4n) is 4.45. The number of nitrogen functional groups attached to an aromatic ring is 1. The maximum atomic E-state index is 12.2. The van der Waals surface area contributed by atoms with E-state index >= 15 is 0 Å². The molecule has 0 radical (unpaired) electrons. The van der Waals surface area contributed by atoms with Crippen molar-refractivity contribution in [3.63, 3.8) is 0 Å². The van der Waals surface area contributed by atoms with Crippen molar-refractivity contribution in [1.82, 2.24) is 24.6 Å². The van der Waals surface area contributed by atoms with Crippen LogP contribution >= 0.6 is 0 Å². The Morgan fingerprint density at radius 3 is 2.54 bits per heavy atom. The third-order valence-corrected chi connectivity index (χ3v) is 6.22. The number of carbonyl (C=O) groups excluding carboxylic acids is 1. The van der Waals surface area contributed by atoms with Gasteiger partial charge in [-0.1, -0.05) is 24.3 Å². The van der Waals surface area contributed by atoms with E-state index in [9.17, 15) is 9.59 Å². The summed E-state index contributed by atoms with van der Waals surface area (Å²) in [4.78, 5) is 32.9. The van der Waals surface area contributed by atoms with E-state index in [1.807, 2.05) is 55.5 Å². The number of likely N-dealkylation sites (tertiary alicyclic amines) is 1. The van der Waals surface area contributed by atoms with Crippen molar-refractivity contribution in [3.8, 4) is 22.8 Å². The van der Waals surface area contributed by atoms with Crippen LogP contribution in [0.3, 0.4) is 0 Å². The second kappa shape index (κ2) is 9.09. The van der Waals surface area contributed by atoms with Gasteiger partial charge in [-0.15, -0.1) is 0 Å². The van der Waals surface area contributed by atoms with Gasteiger partial charge in [0.1, 0.15) is 23.0 Å². The molecule has 0 aliphatic carbocycles. The zero-order valence-electron chi connectivity index (χ0n) is 19.4. The first-order chi connectivity index (χ1) is 16.9. The lowest BCUT2D eigenvalue weighted by atomic mass is 10.1. The predicted molar refractivity (Wildman–Crippen MR) is 134 cm³/mol. The van der Waals surface area contributed by atoms with Crippen molar-refractivity contribution in [2.45, 2.75) is 25.8 Å². The van der Waals surface area contributed by atoms with E-state index in [-0.39, 0.29) is 17.8 Å². The molecule has 9 nitrogen and oxygen atoms in total. The summed E-state index contributed by atoms with van der Waals surface area (Å²) in [7, 11) is 0. The van der Waals surface area contributed by atoms with Crippen LogP contribution in [0.1, 0.15) is 24.4 Å². The van der Waals surface area contributed by atoms with Crippen LogP contribution in [0.15, 0.2) is 66.0 Å². The zero-order chi connectivity index (χ0) is 24.5. The number of amides is 1. The Morgan fingerprint density at radius 2 is 1.86 bits per heavy atom. The summed E-state index contributed by atoms with van der Waals surface area (Å²) in [6, 6.07) is 15.2. The smallest absolute Gasteiger partial charge is 0.348 e. The molecule has 2 aromatic carbocycles. The first-order valence-corrected chi connectivity index (χ1v) is 11.5. The number of piperidine rings is 1. The number of hydrogen-bond donors (Lipinski definition) is 2. The Bertz CT molecular complexity index is 1450. The van der Waals surface area contributed by atoms with Crippen LogP contribution in [0.4, 0.5) is 5.82 Å². The largest absolute Gasteiger partial charge is 0.457 e. The number of ether oxygens (including phenoxy) is 1. The average Bonchev–Trinajstić information content (AvgIpc) is 3.25. The van der Waals surface area contributed by atoms with Crippen molar-refractivity contribution in [1.29, 1.82) is 0 Å². The summed E-state index contributed by atoms with van der Waals surface area (Å²) in [5, 5.41) is 5.41. The number of nitrogens with one attached hydrogen (secondary N) is 1. The molecular weight excluding hydrogens is 444 g/mol. The lowest BCUT2D eigenvalue weighted by Gasteiger charge is -2.32. The second-order valence-corrected chi connectivity index (χ2v) is 8.67. The predicted octanol–water partition coefficient (Wildman–Crippen LogP) is 3.82. The summed E-state index contributed by atoms with van der Waals surface area (Å²) in [6.07, 6.45) is 2.93. The number of anilines is 1. The number of carbonyl (C=O) groups is 1. The second-order valence-electron chi connectivity index (χ2n) is 8.67. The highest BCUT2D eigenvalue weighted by Gasteiger charge is 2.28. The molecule has 1 unspecified atom stereocenters. The molecule has 0 bridgehead atoms. The summed E-state index contributed by atoms with van der Waals surface area (Å²) >= 11 is 0. The number of benzene rings is 2. The van der Waals surface area contributed by atoms with Gasteiger partial charge in [0.05, 0.1) is 11.4 Å². The van der Waals surface area contributed by atoms with Gasteiger partial charge in [-0.3, -0.25) is 9.78 Å². The highest BCUT2D eigenvalue weighted by Crippen LogP contribution is 2.34. The van der Waals surface area contributed by atoms with Crippen molar-refractivity contribution in [3.05, 3.63) is 77.2 Å². The maximum Gasteiger partial charge on any atom is 0.348 e. The standard InChI is InChI=1S/C26H26N6O3/c1-3-21(33)31-14-4-5-18(15-31)32-25-22(24(27)28-26(34)29-25)23(30-32)17-8-12-20(13-9-17)35-19-10-6-16(2)7-11-19/h3,6-13,18H,1,4-5,14-15H2,2H3,(H3,27,28,29,34). The van der Waals surface area contributed by atoms with Gasteiger partial charge in [0, 0.05) is 18.7 Å². The third kappa shape index (κ3) is 4.40. The van der Waals surface area contributed by atoms with E-state index in [4.69, 9.17) is 15.6 Å². The van der Waals surface area contributed by atoms with Crippen molar-refractivity contribution < 1.29 is 9.53 Å². The zero-order valence-corrected chi connectivity index (χ0v) is 19.4. The molecule has 0 spiro atoms. The molecule has 5 rings (SSSR count). The van der Waals surface area contributed by atoms with Gasteiger partial charge in [-0.25, -0.2) is 9.48 Å². The van der Waals surface area contributed by atoms with Crippen LogP contribution < -0.4 is 16.2 Å². The number of nitrogens with two attached hydrogens (primary N) is 1. The number of aromatic nitrogens is 4. The highest BCUT2D eigenvalue weighted by atomic mass is 16.5. The van der Waals surface area contributed by atoms with Crippen molar-refractivity contribution >= 4 is 22.8 Å². The van der Waals surface area contributed by atoms with Gasteiger partial charge >= 0.3 is 5.69 Å². The van der Waals surface area contributed by atoms with Gasteiger partial charge in [-0.2, -0.15) is 10.1 Å². The molecule has 1 aliphatic rings. The minimum absolute atomic E-state index is 0.124. The summed E-state index contributed by atoms with van der Waals surface area (Å²) < 4.78 is 7.67. The van der Waals surface area contributed by atoms with E-state index in [1.54, 1.807) is 9.58 Å². The van der Waals surface area contributed by atoms with Crippen LogP contribution in [0.5, 0.6) is 11.5 Å². The van der Waals surface area contributed by atoms with Crippen LogP contribution in [-0.4, -0.2) is 43.6 Å². The van der Waals surface area contributed by atoms with Crippen molar-refractivity contribution in [2.24, 2.45) is 0 Å². The number of fused-ring (bicyclic) bond motifs is 1. The Labute approximate surface area is 201 Å². The van der Waals surface area contributed by atoms with E-state index in [2.05, 4.69) is 16.5 Å². The van der Waals surface area contributed by atoms with Gasteiger partial charge in [0.25, 0.3) is 0 Å². The van der Waals surface area contributed by atoms with Crippen LogP contribution in [0.2, 0.25) is 0 Å². The quantitative estimate of drug-likeness (QED) is 0.428. The molecule has 4 aromatic rings. The molecule has 3 heterocycles. The first kappa shape index (κ1) is 22.4. The first-order valence-electron chi connectivity index (χ1n) is 11.5. The van der Waals surface area contributed by atoms with Gasteiger partial charge in [-0.05, 0) is 62.2 Å². The minimum atomic E-state index is -0.542. The van der Waals surface area contributed by atoms with Crippen LogP contribution in [0.25, 0.3) is 22.3 Å². The fraction of sp³-hybridized carbons (Fsp3) is 0.231. The van der Waals surface area contributed by atoms with Crippen LogP contribution in [-0.2, 0) is 4.79 Å². The van der Waals surface area contributed by atoms with E-state index in [1.165, 1.54) is 6.08 Å². The molecule has 1 amide bonds. The molecule has 0 saturated carbocycles. The van der Waals surface area contributed by atoms with E-state index in [0.29, 0.717) is 35.6 Å². The lowest BCUT2D eigenvalue weighted by molar-refractivity contribution is -0.127. The minimum Gasteiger partial charge on any atom is -0.457 e. The normalized spacial score (nSPS) is 15.8. The highest BCUT2D eigenvalue weighted by molar-refractivity contribution is 5.98. The number of aryl methyl sites for hydroxylation is 1. The Balaban J connectivity index is 1.52. The monoisotopic (exact) mass is 470 g/mol. The molecule has 1 aliphatic heterocycles. The summed E-state index contributed by atoms with van der Waals surface area (Å²) in [5.74, 6) is 1.52. The maximum absolute atomic E-state index is 12.2. The molecule has 35 heavy (non-hydrogen) atoms. The molecule has 1 saturated heterocycles. The summed E-state index contributed by atoms with van der Waals surface area (Å²) in [6.45, 7) is 6.73. The lowest BCUT2D eigenvalue weighted by Crippen LogP contribution is -2.40. The molecule has 2 aromatic heterocycles. The third-order valence-electron chi connectivity index (χ3n) is 6.22. The topological polar surface area (TPSA) is 119 Å². The van der Waals surface area contributed by atoms with E-state index in [0.717, 1.165) is 29.7 Å². The molecule has 1 fully saturated rings. The molecule has 1 atom stereocenters. The van der Waals surface area contributed by atoms with Gasteiger partial charge in [0.15, 0.2) is 5.65 Å².